The third-order valence-corrected chi connectivity index (χ3v) is 10.2. The first kappa shape index (κ1) is 34.7. The van der Waals surface area contributed by atoms with E-state index in [0.29, 0.717) is 23.4 Å². The van der Waals surface area contributed by atoms with E-state index in [-0.39, 0.29) is 39.0 Å². The molecule has 0 atom stereocenters. The predicted octanol–water partition coefficient (Wildman–Crippen LogP) is 5.82. The summed E-state index contributed by atoms with van der Waals surface area (Å²) in [6.45, 7) is 0.834. The van der Waals surface area contributed by atoms with Crippen LogP contribution in [0.2, 0.25) is 10.0 Å². The fourth-order valence-corrected chi connectivity index (χ4v) is 7.50. The minimum atomic E-state index is -4.49. The molecule has 0 spiro atoms. The summed E-state index contributed by atoms with van der Waals surface area (Å²) in [5, 5.41) is 16.1. The minimum Gasteiger partial charge on any atom is -0.392 e. The molecular formula is C32H34Cl2F2N6O4S. The number of likely N-dealkylation sites (N-methyl/N-ethyl adjacent to an activating group) is 1. The summed E-state index contributed by atoms with van der Waals surface area (Å²) < 4.78 is 59.2. The molecule has 250 valence electrons. The first-order valence-corrected chi connectivity index (χ1v) is 17.2. The van der Waals surface area contributed by atoms with Crippen molar-refractivity contribution in [2.75, 3.05) is 37.2 Å². The lowest BCUT2D eigenvalue weighted by Gasteiger charge is -2.28. The number of benzene rings is 3. The number of hydrogen-bond acceptors (Lipinski definition) is 8. The molecule has 0 saturated heterocycles. The molecule has 0 unspecified atom stereocenters. The smallest absolute Gasteiger partial charge is 0.263 e. The van der Waals surface area contributed by atoms with Gasteiger partial charge in [-0.25, -0.2) is 27.2 Å². The van der Waals surface area contributed by atoms with Crippen LogP contribution in [0.4, 0.5) is 20.4 Å². The van der Waals surface area contributed by atoms with Crippen molar-refractivity contribution in [3.63, 3.8) is 0 Å². The topological polar surface area (TPSA) is 137 Å². The fraction of sp³-hybridized carbons (Fsp3) is 0.344. The fourth-order valence-electron chi connectivity index (χ4n) is 5.51. The van der Waals surface area contributed by atoms with E-state index in [2.05, 4.69) is 25.3 Å². The van der Waals surface area contributed by atoms with Gasteiger partial charge in [0.2, 0.25) is 11.9 Å². The molecule has 10 nitrogen and oxygen atoms in total. The summed E-state index contributed by atoms with van der Waals surface area (Å²) in [5.74, 6) is -1.58. The average Bonchev–Trinajstić information content (AvgIpc) is 3.03. The monoisotopic (exact) mass is 706 g/mol. The minimum absolute atomic E-state index is 0.00101. The number of nitrogens with zero attached hydrogens (tertiary/aromatic N) is 3. The zero-order valence-electron chi connectivity index (χ0n) is 25.7. The lowest BCUT2D eigenvalue weighted by atomic mass is 9.85. The summed E-state index contributed by atoms with van der Waals surface area (Å²) in [6, 6.07) is 8.99. The average molecular weight is 708 g/mol. The van der Waals surface area contributed by atoms with Crippen LogP contribution in [-0.4, -0.2) is 67.5 Å². The van der Waals surface area contributed by atoms with Gasteiger partial charge in [0.15, 0.2) is 5.82 Å². The largest absolute Gasteiger partial charge is 0.392 e. The van der Waals surface area contributed by atoms with Gasteiger partial charge in [-0.2, -0.15) is 0 Å². The number of rotatable bonds is 11. The van der Waals surface area contributed by atoms with E-state index < -0.39 is 44.4 Å². The van der Waals surface area contributed by atoms with Crippen LogP contribution in [0.15, 0.2) is 53.6 Å². The Hall–Kier alpha value is -3.62. The Morgan fingerprint density at radius 2 is 1.81 bits per heavy atom. The quantitative estimate of drug-likeness (QED) is 0.153. The van der Waals surface area contributed by atoms with E-state index in [9.17, 15) is 18.3 Å². The van der Waals surface area contributed by atoms with Gasteiger partial charge in [-0.05, 0) is 87.3 Å². The molecule has 4 aromatic rings. The van der Waals surface area contributed by atoms with Crippen LogP contribution in [0.1, 0.15) is 31.2 Å². The van der Waals surface area contributed by atoms with Gasteiger partial charge in [0.1, 0.15) is 10.7 Å². The van der Waals surface area contributed by atoms with Crippen molar-refractivity contribution in [2.45, 2.75) is 43.2 Å². The predicted molar refractivity (Wildman–Crippen MR) is 179 cm³/mol. The van der Waals surface area contributed by atoms with Gasteiger partial charge in [0.25, 0.3) is 10.0 Å². The maximum atomic E-state index is 15.8. The Morgan fingerprint density at radius 1 is 1.06 bits per heavy atom. The number of aliphatic hydroxyl groups is 1. The van der Waals surface area contributed by atoms with Crippen LogP contribution in [0.25, 0.3) is 22.0 Å². The number of carbonyl (C=O) groups is 1. The van der Waals surface area contributed by atoms with Crippen LogP contribution in [0.5, 0.6) is 0 Å². The van der Waals surface area contributed by atoms with Crippen molar-refractivity contribution in [2.24, 2.45) is 5.92 Å². The maximum absolute atomic E-state index is 15.8. The highest BCUT2D eigenvalue weighted by molar-refractivity contribution is 7.92. The van der Waals surface area contributed by atoms with Gasteiger partial charge in [0.05, 0.1) is 28.4 Å². The van der Waals surface area contributed by atoms with Gasteiger partial charge >= 0.3 is 0 Å². The lowest BCUT2D eigenvalue weighted by molar-refractivity contribution is -0.125. The number of amides is 1. The van der Waals surface area contributed by atoms with E-state index in [1.807, 2.05) is 19.0 Å². The number of fused-ring (bicyclic) bond motifs is 1. The molecule has 5 rings (SSSR count). The van der Waals surface area contributed by atoms with Gasteiger partial charge in [-0.15, -0.1) is 0 Å². The molecule has 0 bridgehead atoms. The third kappa shape index (κ3) is 8.10. The molecule has 1 amide bonds. The third-order valence-electron chi connectivity index (χ3n) is 8.03. The van der Waals surface area contributed by atoms with Gasteiger partial charge < -0.3 is 20.6 Å². The number of anilines is 2. The molecule has 1 aliphatic rings. The molecule has 0 aliphatic heterocycles. The summed E-state index contributed by atoms with van der Waals surface area (Å²) in [6.07, 6.45) is 4.63. The van der Waals surface area contributed by atoms with Gasteiger partial charge in [0, 0.05) is 41.7 Å². The van der Waals surface area contributed by atoms with Crippen LogP contribution in [-0.2, 0) is 21.4 Å². The zero-order chi connectivity index (χ0) is 33.9. The van der Waals surface area contributed by atoms with Gasteiger partial charge in [-0.1, -0.05) is 29.3 Å². The summed E-state index contributed by atoms with van der Waals surface area (Å²) in [7, 11) is -0.568. The van der Waals surface area contributed by atoms with Crippen molar-refractivity contribution in [3.05, 3.63) is 75.9 Å². The van der Waals surface area contributed by atoms with Crippen LogP contribution >= 0.6 is 23.2 Å². The van der Waals surface area contributed by atoms with E-state index in [0.717, 1.165) is 50.4 Å². The first-order valence-electron chi connectivity index (χ1n) is 14.9. The molecule has 1 heterocycles. The van der Waals surface area contributed by atoms with Crippen molar-refractivity contribution in [1.29, 1.82) is 0 Å². The molecular weight excluding hydrogens is 673 g/mol. The molecule has 3 aromatic carbocycles. The second-order valence-corrected chi connectivity index (χ2v) is 14.1. The van der Waals surface area contributed by atoms with E-state index in [1.165, 1.54) is 18.2 Å². The lowest BCUT2D eigenvalue weighted by Crippen LogP contribution is -2.38. The molecule has 4 N–H and O–H groups in total. The number of aromatic nitrogens is 2. The Morgan fingerprint density at radius 3 is 2.51 bits per heavy atom. The first-order chi connectivity index (χ1) is 22.4. The Kier molecular flexibility index (Phi) is 10.8. The second-order valence-electron chi connectivity index (χ2n) is 11.7. The highest BCUT2D eigenvalue weighted by Gasteiger charge is 2.27. The number of carbonyl (C=O) groups excluding carboxylic acids is 1. The van der Waals surface area contributed by atoms with E-state index in [4.69, 9.17) is 23.2 Å². The van der Waals surface area contributed by atoms with E-state index in [1.54, 1.807) is 12.3 Å². The summed E-state index contributed by atoms with van der Waals surface area (Å²) in [5.41, 5.74) is -0.221. The zero-order valence-corrected chi connectivity index (χ0v) is 28.0. The SMILES string of the molecule is CN(C)CCNC(=O)C1CCC(Nc2ncc3cc(-c4c(F)ccc(NS(=O)(=O)c5cc(Cl)cc(CO)c5Cl)c4F)ccc3n2)CC1. The number of aliphatic hydroxyl groups excluding tert-OH is 1. The van der Waals surface area contributed by atoms with Crippen molar-refractivity contribution in [1.82, 2.24) is 20.2 Å². The second kappa shape index (κ2) is 14.7. The molecule has 1 fully saturated rings. The summed E-state index contributed by atoms with van der Waals surface area (Å²) in [4.78, 5) is 23.0. The van der Waals surface area contributed by atoms with Crippen molar-refractivity contribution < 1.29 is 27.1 Å². The van der Waals surface area contributed by atoms with Crippen LogP contribution < -0.4 is 15.4 Å². The molecule has 1 saturated carbocycles. The molecule has 15 heteroatoms. The maximum Gasteiger partial charge on any atom is 0.263 e. The molecule has 0 radical (unpaired) electrons. The number of hydrogen-bond donors (Lipinski definition) is 4. The number of sulfonamides is 1. The standard InChI is InChI=1S/C32H34Cl2F2N6O4S/c1-42(2)12-11-37-31(44)18-3-6-23(7-4-18)39-32-38-16-20-13-19(5-9-25(20)40-32)28-24(35)8-10-26(30(28)36)41-47(45,46)27-15-22(33)14-21(17-43)29(27)34/h5,8-10,13-16,18,23,41,43H,3-4,6-7,11-12,17H2,1-2H3,(H,37,44)(H,38,39,40). The molecule has 47 heavy (non-hydrogen) atoms. The van der Waals surface area contributed by atoms with E-state index >= 15 is 8.78 Å². The number of nitrogens with one attached hydrogen (secondary N) is 3. The summed E-state index contributed by atoms with van der Waals surface area (Å²) >= 11 is 12.2. The van der Waals surface area contributed by atoms with Crippen molar-refractivity contribution in [3.8, 4) is 11.1 Å². The van der Waals surface area contributed by atoms with Crippen LogP contribution in [0.3, 0.4) is 0 Å². The highest BCUT2D eigenvalue weighted by Crippen LogP contribution is 2.35. The van der Waals surface area contributed by atoms with Crippen molar-refractivity contribution >= 4 is 61.7 Å². The Labute approximate surface area is 281 Å². The van der Waals surface area contributed by atoms with Gasteiger partial charge in [-0.3, -0.25) is 9.52 Å². The molecule has 1 aliphatic carbocycles. The normalized spacial score (nSPS) is 16.8. The Balaban J connectivity index is 1.30. The highest BCUT2D eigenvalue weighted by atomic mass is 35.5. The Bertz CT molecular complexity index is 1910. The molecule has 1 aromatic heterocycles. The van der Waals surface area contributed by atoms with Crippen LogP contribution in [0, 0.1) is 17.6 Å². The number of halogens is 4.